The first-order chi connectivity index (χ1) is 9.11. The minimum Gasteiger partial charge on any atom is -0.367 e. The van der Waals surface area contributed by atoms with Crippen molar-refractivity contribution >= 4 is 11.8 Å². The van der Waals surface area contributed by atoms with E-state index >= 15 is 0 Å². The Morgan fingerprint density at radius 3 is 2.74 bits per heavy atom. The second-order valence-corrected chi connectivity index (χ2v) is 5.81. The van der Waals surface area contributed by atoms with E-state index in [1.807, 2.05) is 6.92 Å². The van der Waals surface area contributed by atoms with Crippen LogP contribution in [0.15, 0.2) is 6.20 Å². The molecule has 1 aliphatic rings. The Balaban J connectivity index is 2.14. The van der Waals surface area contributed by atoms with Crippen molar-refractivity contribution in [2.24, 2.45) is 17.7 Å². The van der Waals surface area contributed by atoms with Crippen LogP contribution in [0.2, 0.25) is 0 Å². The zero-order valence-electron chi connectivity index (χ0n) is 12.1. The Labute approximate surface area is 115 Å². The predicted octanol–water partition coefficient (Wildman–Crippen LogP) is 2.70. The van der Waals surface area contributed by atoms with Gasteiger partial charge in [-0.3, -0.25) is 5.43 Å². The molecular formula is C14H25N5. The van der Waals surface area contributed by atoms with Crippen molar-refractivity contribution in [1.29, 1.82) is 0 Å². The summed E-state index contributed by atoms with van der Waals surface area (Å²) in [7, 11) is 0. The minimum atomic E-state index is 0.463. The number of nitrogen functional groups attached to an aromatic ring is 1. The monoisotopic (exact) mass is 263 g/mol. The second-order valence-electron chi connectivity index (χ2n) is 5.81. The molecule has 106 valence electrons. The number of hydrogen-bond acceptors (Lipinski definition) is 5. The van der Waals surface area contributed by atoms with Gasteiger partial charge in [-0.05, 0) is 31.6 Å². The Morgan fingerprint density at radius 1 is 1.32 bits per heavy atom. The van der Waals surface area contributed by atoms with Crippen LogP contribution in [0.5, 0.6) is 0 Å². The summed E-state index contributed by atoms with van der Waals surface area (Å²) in [6, 6.07) is 0.507. The van der Waals surface area contributed by atoms with E-state index in [9.17, 15) is 0 Å². The molecule has 1 aromatic rings. The van der Waals surface area contributed by atoms with Crippen LogP contribution in [0, 0.1) is 18.8 Å². The third-order valence-electron chi connectivity index (χ3n) is 4.10. The maximum Gasteiger partial charge on any atom is 0.239 e. The van der Waals surface area contributed by atoms with Crippen molar-refractivity contribution in [3.8, 4) is 0 Å². The Hall–Kier alpha value is -1.36. The van der Waals surface area contributed by atoms with E-state index < -0.39 is 0 Å². The van der Waals surface area contributed by atoms with Crippen molar-refractivity contribution in [2.75, 3.05) is 10.7 Å². The zero-order chi connectivity index (χ0) is 13.8. The summed E-state index contributed by atoms with van der Waals surface area (Å²) in [6.07, 6.45) is 6.98. The topological polar surface area (TPSA) is 75.9 Å². The molecule has 1 fully saturated rings. The number of hydrogen-bond donors (Lipinski definition) is 3. The maximum absolute atomic E-state index is 5.37. The smallest absolute Gasteiger partial charge is 0.239 e. The lowest BCUT2D eigenvalue weighted by atomic mass is 9.78. The molecule has 0 spiro atoms. The van der Waals surface area contributed by atoms with Crippen LogP contribution in [-0.4, -0.2) is 16.0 Å². The summed E-state index contributed by atoms with van der Waals surface area (Å²) in [5.41, 5.74) is 3.57. The average Bonchev–Trinajstić information content (AvgIpc) is 2.41. The summed E-state index contributed by atoms with van der Waals surface area (Å²) < 4.78 is 0. The van der Waals surface area contributed by atoms with Gasteiger partial charge in [0.25, 0.3) is 0 Å². The van der Waals surface area contributed by atoms with Gasteiger partial charge in [0, 0.05) is 17.8 Å². The fourth-order valence-corrected chi connectivity index (χ4v) is 2.97. The highest BCUT2D eigenvalue weighted by Gasteiger charge is 2.28. The Morgan fingerprint density at radius 2 is 2.05 bits per heavy atom. The molecule has 2 unspecified atom stereocenters. The van der Waals surface area contributed by atoms with Gasteiger partial charge >= 0.3 is 0 Å². The Bertz CT molecular complexity index is 418. The van der Waals surface area contributed by atoms with Crippen LogP contribution < -0.4 is 16.6 Å². The highest BCUT2D eigenvalue weighted by atomic mass is 15.3. The SMILES string of the molecule is Cc1cnc(NN)nc1NC1CCCCC1C(C)C. The quantitative estimate of drug-likeness (QED) is 0.575. The van der Waals surface area contributed by atoms with Crippen LogP contribution >= 0.6 is 0 Å². The molecule has 0 amide bonds. The summed E-state index contributed by atoms with van der Waals surface area (Å²) in [5, 5.41) is 3.61. The Kier molecular flexibility index (Phi) is 4.58. The summed E-state index contributed by atoms with van der Waals surface area (Å²) >= 11 is 0. The van der Waals surface area contributed by atoms with E-state index in [0.717, 1.165) is 17.3 Å². The molecule has 1 saturated carbocycles. The number of aryl methyl sites for hydroxylation is 1. The van der Waals surface area contributed by atoms with E-state index in [1.54, 1.807) is 6.20 Å². The molecule has 0 radical (unpaired) electrons. The summed E-state index contributed by atoms with van der Waals surface area (Å²) in [4.78, 5) is 8.54. The fraction of sp³-hybridized carbons (Fsp3) is 0.714. The highest BCUT2D eigenvalue weighted by molar-refractivity contribution is 5.47. The number of hydrazine groups is 1. The van der Waals surface area contributed by atoms with Gasteiger partial charge in [0.1, 0.15) is 5.82 Å². The standard InChI is InChI=1S/C14H25N5/c1-9(2)11-6-4-5-7-12(11)17-13-10(3)8-16-14(18-13)19-15/h8-9,11-12H,4-7,15H2,1-3H3,(H2,16,17,18,19). The van der Waals surface area contributed by atoms with E-state index in [4.69, 9.17) is 5.84 Å². The molecule has 0 saturated heterocycles. The maximum atomic E-state index is 5.37. The van der Waals surface area contributed by atoms with Crippen LogP contribution in [0.1, 0.15) is 45.1 Å². The molecule has 0 aromatic carbocycles. The third kappa shape index (κ3) is 3.35. The first-order valence-electron chi connectivity index (χ1n) is 7.18. The number of anilines is 2. The summed E-state index contributed by atoms with van der Waals surface area (Å²) in [5.74, 6) is 8.16. The first-order valence-corrected chi connectivity index (χ1v) is 7.18. The van der Waals surface area contributed by atoms with Gasteiger partial charge in [-0.2, -0.15) is 4.98 Å². The van der Waals surface area contributed by atoms with Crippen molar-refractivity contribution in [3.63, 3.8) is 0 Å². The van der Waals surface area contributed by atoms with Crippen LogP contribution in [0.25, 0.3) is 0 Å². The molecular weight excluding hydrogens is 238 g/mol. The summed E-state index contributed by atoms with van der Waals surface area (Å²) in [6.45, 7) is 6.64. The normalized spacial score (nSPS) is 23.4. The number of nitrogens with two attached hydrogens (primary N) is 1. The van der Waals surface area contributed by atoms with Gasteiger partial charge in [-0.25, -0.2) is 10.8 Å². The van der Waals surface area contributed by atoms with Crippen molar-refractivity contribution < 1.29 is 0 Å². The third-order valence-corrected chi connectivity index (χ3v) is 4.10. The molecule has 4 N–H and O–H groups in total. The molecule has 19 heavy (non-hydrogen) atoms. The second kappa shape index (κ2) is 6.19. The molecule has 1 aromatic heterocycles. The number of aromatic nitrogens is 2. The lowest BCUT2D eigenvalue weighted by molar-refractivity contribution is 0.253. The van der Waals surface area contributed by atoms with Crippen LogP contribution in [0.3, 0.4) is 0 Å². The first kappa shape index (κ1) is 14.1. The zero-order valence-corrected chi connectivity index (χ0v) is 12.1. The number of nitrogens with one attached hydrogen (secondary N) is 2. The molecule has 5 heteroatoms. The molecule has 0 bridgehead atoms. The largest absolute Gasteiger partial charge is 0.367 e. The van der Waals surface area contributed by atoms with E-state index in [1.165, 1.54) is 25.7 Å². The molecule has 2 atom stereocenters. The van der Waals surface area contributed by atoms with Gasteiger partial charge in [0.05, 0.1) is 0 Å². The van der Waals surface area contributed by atoms with Crippen molar-refractivity contribution in [1.82, 2.24) is 9.97 Å². The van der Waals surface area contributed by atoms with Gasteiger partial charge < -0.3 is 5.32 Å². The van der Waals surface area contributed by atoms with E-state index in [2.05, 4.69) is 34.6 Å². The van der Waals surface area contributed by atoms with Crippen molar-refractivity contribution in [3.05, 3.63) is 11.8 Å². The van der Waals surface area contributed by atoms with Crippen molar-refractivity contribution in [2.45, 2.75) is 52.5 Å². The van der Waals surface area contributed by atoms with Gasteiger partial charge in [-0.1, -0.05) is 26.7 Å². The highest BCUT2D eigenvalue weighted by Crippen LogP contribution is 2.32. The molecule has 2 rings (SSSR count). The number of nitrogens with zero attached hydrogens (tertiary/aromatic N) is 2. The lowest BCUT2D eigenvalue weighted by Crippen LogP contribution is -2.35. The van der Waals surface area contributed by atoms with E-state index in [-0.39, 0.29) is 0 Å². The van der Waals surface area contributed by atoms with Gasteiger partial charge in [-0.15, -0.1) is 0 Å². The molecule has 1 heterocycles. The molecule has 0 aliphatic heterocycles. The minimum absolute atomic E-state index is 0.463. The van der Waals surface area contributed by atoms with Crippen LogP contribution in [0.4, 0.5) is 11.8 Å². The number of rotatable bonds is 4. The molecule has 5 nitrogen and oxygen atoms in total. The van der Waals surface area contributed by atoms with Gasteiger partial charge in [0.15, 0.2) is 0 Å². The van der Waals surface area contributed by atoms with Crippen LogP contribution in [-0.2, 0) is 0 Å². The van der Waals surface area contributed by atoms with Gasteiger partial charge in [0.2, 0.25) is 5.95 Å². The fourth-order valence-electron chi connectivity index (χ4n) is 2.97. The lowest BCUT2D eigenvalue weighted by Gasteiger charge is -2.35. The van der Waals surface area contributed by atoms with E-state index in [0.29, 0.717) is 17.9 Å². The molecule has 1 aliphatic carbocycles. The average molecular weight is 263 g/mol. The predicted molar refractivity (Wildman–Crippen MR) is 78.8 cm³/mol.